The Balaban J connectivity index is 1.05. The van der Waals surface area contributed by atoms with Gasteiger partial charge in [-0.15, -0.1) is 0 Å². The van der Waals surface area contributed by atoms with Gasteiger partial charge in [0.25, 0.3) is 6.71 Å². The number of allylic oxidation sites excluding steroid dienone is 4. The maximum absolute atomic E-state index is 6.77. The summed E-state index contributed by atoms with van der Waals surface area (Å²) < 4.78 is 18.2. The van der Waals surface area contributed by atoms with E-state index in [4.69, 9.17) is 9.47 Å². The van der Waals surface area contributed by atoms with Gasteiger partial charge in [-0.2, -0.15) is 0 Å². The Morgan fingerprint density at radius 3 is 1.96 bits per heavy atom. The first-order valence-electron chi connectivity index (χ1n) is 18.4. The minimum Gasteiger partial charge on any atom is -0.463 e. The maximum atomic E-state index is 6.77. The van der Waals surface area contributed by atoms with Crippen molar-refractivity contribution in [2.24, 2.45) is 0 Å². The number of hydrogen-bond donors (Lipinski definition) is 0. The van der Waals surface area contributed by atoms with Crippen LogP contribution in [0.4, 0.5) is 0 Å². The molecule has 12 rings (SSSR count). The number of ether oxygens (including phenoxy) is 2. The van der Waals surface area contributed by atoms with Crippen LogP contribution in [0, 0.1) is 0 Å². The molecule has 0 bridgehead atoms. The molecule has 0 saturated carbocycles. The fraction of sp³-hybridized carbons (Fsp3) is 0.0417. The zero-order valence-electron chi connectivity index (χ0n) is 28.8. The van der Waals surface area contributed by atoms with E-state index in [-0.39, 0.29) is 6.71 Å². The summed E-state index contributed by atoms with van der Waals surface area (Å²) in [7, 11) is 0. The van der Waals surface area contributed by atoms with Crippen LogP contribution in [0.3, 0.4) is 0 Å². The summed E-state index contributed by atoms with van der Waals surface area (Å²) in [6, 6.07) is 54.8. The van der Waals surface area contributed by atoms with Crippen LogP contribution in [-0.4, -0.2) is 15.8 Å². The first kappa shape index (κ1) is 28.9. The van der Waals surface area contributed by atoms with Crippen molar-refractivity contribution in [1.82, 2.24) is 9.13 Å². The van der Waals surface area contributed by atoms with Crippen molar-refractivity contribution in [2.45, 2.75) is 12.8 Å². The van der Waals surface area contributed by atoms with Gasteiger partial charge in [-0.3, -0.25) is 0 Å². The number of hydrogen-bond acceptors (Lipinski definition) is 2. The number of benzene rings is 7. The Bertz CT molecular complexity index is 3080. The summed E-state index contributed by atoms with van der Waals surface area (Å²) in [4.78, 5) is 0. The van der Waals surface area contributed by atoms with E-state index in [0.29, 0.717) is 0 Å². The molecule has 0 unspecified atom stereocenters. The fourth-order valence-electron chi connectivity index (χ4n) is 9.18. The summed E-state index contributed by atoms with van der Waals surface area (Å²) in [5.41, 5.74) is 12.8. The molecular formula is C48H31BN2O2. The summed E-state index contributed by atoms with van der Waals surface area (Å²) in [6.07, 6.45) is 6.42. The van der Waals surface area contributed by atoms with Gasteiger partial charge >= 0.3 is 0 Å². The Hall–Kier alpha value is -6.72. The number of rotatable bonds is 3. The summed E-state index contributed by atoms with van der Waals surface area (Å²) in [5.74, 6) is 3.72. The van der Waals surface area contributed by atoms with Gasteiger partial charge in [0.2, 0.25) is 0 Å². The van der Waals surface area contributed by atoms with Gasteiger partial charge < -0.3 is 18.6 Å². The summed E-state index contributed by atoms with van der Waals surface area (Å²) in [6.45, 7) is 0.0953. The van der Waals surface area contributed by atoms with Crippen LogP contribution in [0.25, 0.3) is 66.1 Å². The minimum absolute atomic E-state index is 0.0953. The Morgan fingerprint density at radius 1 is 0.472 bits per heavy atom. The van der Waals surface area contributed by atoms with Crippen LogP contribution in [0.1, 0.15) is 12.8 Å². The molecule has 0 atom stereocenters. The molecule has 0 radical (unpaired) electrons. The zero-order chi connectivity index (χ0) is 34.6. The van der Waals surface area contributed by atoms with Crippen molar-refractivity contribution in [3.8, 4) is 39.8 Å². The molecular weight excluding hydrogens is 647 g/mol. The number of fused-ring (bicyclic) bond motifs is 9. The van der Waals surface area contributed by atoms with E-state index in [1.54, 1.807) is 0 Å². The average molecular weight is 679 g/mol. The lowest BCUT2D eigenvalue weighted by atomic mass is 9.34. The van der Waals surface area contributed by atoms with Gasteiger partial charge in [-0.05, 0) is 77.0 Å². The Labute approximate surface area is 306 Å². The van der Waals surface area contributed by atoms with Crippen LogP contribution < -0.4 is 20.4 Å². The van der Waals surface area contributed by atoms with Crippen LogP contribution in [0.2, 0.25) is 0 Å². The normalized spacial score (nSPS) is 14.4. The van der Waals surface area contributed by atoms with Crippen molar-refractivity contribution >= 4 is 61.3 Å². The lowest BCUT2D eigenvalue weighted by Crippen LogP contribution is -2.51. The van der Waals surface area contributed by atoms with Crippen molar-refractivity contribution in [2.75, 3.05) is 0 Å². The lowest BCUT2D eigenvalue weighted by molar-refractivity contribution is 0.396. The molecule has 5 heteroatoms. The van der Waals surface area contributed by atoms with E-state index in [1.165, 1.54) is 54.6 Å². The van der Waals surface area contributed by atoms with Crippen LogP contribution in [0.15, 0.2) is 175 Å². The molecule has 1 aliphatic carbocycles. The van der Waals surface area contributed by atoms with Gasteiger partial charge in [-0.25, -0.2) is 0 Å². The quantitative estimate of drug-likeness (QED) is 0.174. The first-order valence-corrected chi connectivity index (χ1v) is 18.4. The van der Waals surface area contributed by atoms with E-state index in [1.807, 2.05) is 0 Å². The molecule has 53 heavy (non-hydrogen) atoms. The predicted octanol–water partition coefficient (Wildman–Crippen LogP) is 10.8. The Kier molecular flexibility index (Phi) is 5.95. The molecule has 9 aromatic rings. The molecule has 7 aromatic carbocycles. The smallest absolute Gasteiger partial charge is 0.260 e. The van der Waals surface area contributed by atoms with Gasteiger partial charge in [0.15, 0.2) is 0 Å². The van der Waals surface area contributed by atoms with Gasteiger partial charge in [0, 0.05) is 51.2 Å². The second-order valence-electron chi connectivity index (χ2n) is 14.4. The maximum Gasteiger partial charge on any atom is 0.260 e. The highest BCUT2D eigenvalue weighted by atomic mass is 16.5. The van der Waals surface area contributed by atoms with Crippen molar-refractivity contribution in [1.29, 1.82) is 0 Å². The van der Waals surface area contributed by atoms with E-state index >= 15 is 0 Å². The SMILES string of the molecule is C1=CC2=C(CC1)Oc1cc(-n3c4ccccc4c4cc(-c5ccc6c7ccccc7n(-c7ccccc7)c6c5)ccc43)cc3c1B2c1ccccc1O3. The highest BCUT2D eigenvalue weighted by Crippen LogP contribution is 2.42. The Morgan fingerprint density at radius 2 is 1.11 bits per heavy atom. The molecule has 3 aliphatic rings. The fourth-order valence-corrected chi connectivity index (χ4v) is 9.18. The number of nitrogens with zero attached hydrogens (tertiary/aromatic N) is 2. The third-order valence-corrected chi connectivity index (χ3v) is 11.5. The topological polar surface area (TPSA) is 28.3 Å². The monoisotopic (exact) mass is 678 g/mol. The summed E-state index contributed by atoms with van der Waals surface area (Å²) in [5, 5.41) is 4.93. The first-order chi connectivity index (χ1) is 26.3. The predicted molar refractivity (Wildman–Crippen MR) is 218 cm³/mol. The van der Waals surface area contributed by atoms with E-state index in [9.17, 15) is 0 Å². The van der Waals surface area contributed by atoms with Gasteiger partial charge in [0.1, 0.15) is 17.2 Å². The number of para-hydroxylation sites is 4. The molecule has 0 fully saturated rings. The van der Waals surface area contributed by atoms with E-state index < -0.39 is 0 Å². The van der Waals surface area contributed by atoms with Crippen molar-refractivity contribution in [3.05, 3.63) is 175 Å². The van der Waals surface area contributed by atoms with Crippen LogP contribution in [0.5, 0.6) is 17.2 Å². The van der Waals surface area contributed by atoms with E-state index in [0.717, 1.165) is 63.7 Å². The van der Waals surface area contributed by atoms with Gasteiger partial charge in [-0.1, -0.05) is 103 Å². The molecule has 2 aliphatic heterocycles. The number of aromatic nitrogens is 2. The van der Waals surface area contributed by atoms with Crippen molar-refractivity contribution in [3.63, 3.8) is 0 Å². The highest BCUT2D eigenvalue weighted by molar-refractivity contribution is 6.93. The molecule has 4 heterocycles. The average Bonchev–Trinajstić information content (AvgIpc) is 3.73. The molecule has 0 saturated heterocycles. The largest absolute Gasteiger partial charge is 0.463 e. The summed E-state index contributed by atoms with van der Waals surface area (Å²) >= 11 is 0. The molecule has 0 spiro atoms. The zero-order valence-corrected chi connectivity index (χ0v) is 28.8. The second-order valence-corrected chi connectivity index (χ2v) is 14.4. The molecule has 2 aromatic heterocycles. The third kappa shape index (κ3) is 4.13. The van der Waals surface area contributed by atoms with Crippen LogP contribution >= 0.6 is 0 Å². The molecule has 0 amide bonds. The second kappa shape index (κ2) is 10.9. The molecule has 248 valence electrons. The third-order valence-electron chi connectivity index (χ3n) is 11.5. The standard InChI is InChI=1S/C48H31BN2O2/c1-2-12-32(13-3-1)50-40-18-8-4-14-34(40)36-24-22-31(27-43(36)50)30-23-25-42-37(26-30)35-15-5-9-19-41(35)51(42)33-28-46-48-47(29-33)53-45-21-11-7-17-39(45)49(48)38-16-6-10-20-44(38)52-46/h1-10,12-20,22-29H,11,21H2. The van der Waals surface area contributed by atoms with Crippen molar-refractivity contribution < 1.29 is 9.47 Å². The van der Waals surface area contributed by atoms with Gasteiger partial charge in [0.05, 0.1) is 33.5 Å². The van der Waals surface area contributed by atoms with E-state index in [2.05, 4.69) is 173 Å². The lowest BCUT2D eigenvalue weighted by Gasteiger charge is -2.35. The molecule has 4 nitrogen and oxygen atoms in total. The van der Waals surface area contributed by atoms with Crippen LogP contribution in [-0.2, 0) is 0 Å². The minimum atomic E-state index is 0.0953. The molecule has 0 N–H and O–H groups in total. The highest BCUT2D eigenvalue weighted by Gasteiger charge is 2.41.